The number of hydrogen-bond donors (Lipinski definition) is 1. The molecule has 0 amide bonds. The van der Waals surface area contributed by atoms with E-state index < -0.39 is 5.76 Å². The highest BCUT2D eigenvalue weighted by molar-refractivity contribution is 5.80. The summed E-state index contributed by atoms with van der Waals surface area (Å²) in [5, 5.41) is 13.0. The molecule has 0 saturated heterocycles. The zero-order chi connectivity index (χ0) is 24.1. The Balaban J connectivity index is 1.68. The van der Waals surface area contributed by atoms with E-state index in [2.05, 4.69) is 32.6 Å². The van der Waals surface area contributed by atoms with Gasteiger partial charge >= 0.3 is 5.76 Å². The minimum absolute atomic E-state index is 0.0472. The molecule has 0 bridgehead atoms. The first-order valence-electron chi connectivity index (χ1n) is 11.2. The lowest BCUT2D eigenvalue weighted by molar-refractivity contribution is 0.388. The average Bonchev–Trinajstić information content (AvgIpc) is 3.29. The third-order valence-corrected chi connectivity index (χ3v) is 5.79. The van der Waals surface area contributed by atoms with Crippen LogP contribution in [0.1, 0.15) is 42.4 Å². The standard InChI is InChI=1S/C26H25N5O3/c1-3-4-9-23-28-17(2)20(14-15-27)25(32)31(23)16-18-10-12-19(13-11-18)21-7-5-6-8-22(21)24-29-26(33)34-30-24/h5-8,10-13H,3-4,9,14,16H2,1-2H3,(H,29,30,33). The zero-order valence-corrected chi connectivity index (χ0v) is 19.2. The summed E-state index contributed by atoms with van der Waals surface area (Å²) in [6.07, 6.45) is 2.69. The molecule has 0 radical (unpaired) electrons. The summed E-state index contributed by atoms with van der Waals surface area (Å²) >= 11 is 0. The maximum Gasteiger partial charge on any atom is 0.439 e. The van der Waals surface area contributed by atoms with Crippen molar-refractivity contribution in [3.63, 3.8) is 0 Å². The predicted octanol–water partition coefficient (Wildman–Crippen LogP) is 4.02. The van der Waals surface area contributed by atoms with E-state index in [9.17, 15) is 9.59 Å². The molecular weight excluding hydrogens is 430 g/mol. The maximum absolute atomic E-state index is 13.2. The van der Waals surface area contributed by atoms with E-state index in [4.69, 9.17) is 5.26 Å². The van der Waals surface area contributed by atoms with Gasteiger partial charge in [-0.25, -0.2) is 9.78 Å². The van der Waals surface area contributed by atoms with Crippen LogP contribution in [0, 0.1) is 18.3 Å². The monoisotopic (exact) mass is 455 g/mol. The van der Waals surface area contributed by atoms with Gasteiger partial charge in [-0.15, -0.1) is 0 Å². The molecule has 2 heterocycles. The van der Waals surface area contributed by atoms with E-state index in [1.807, 2.05) is 48.5 Å². The highest BCUT2D eigenvalue weighted by Crippen LogP contribution is 2.29. The summed E-state index contributed by atoms with van der Waals surface area (Å²) in [4.78, 5) is 31.8. The molecule has 0 unspecified atom stereocenters. The predicted molar refractivity (Wildman–Crippen MR) is 128 cm³/mol. The Hall–Kier alpha value is -4.25. The van der Waals surface area contributed by atoms with Crippen molar-refractivity contribution in [2.24, 2.45) is 0 Å². The van der Waals surface area contributed by atoms with Crippen molar-refractivity contribution in [2.75, 3.05) is 0 Å². The van der Waals surface area contributed by atoms with Gasteiger partial charge < -0.3 is 0 Å². The average molecular weight is 456 g/mol. The SMILES string of the molecule is CCCCc1nc(C)c(CC#N)c(=O)n1Cc1ccc(-c2ccccc2-c2noc(=O)[nH]2)cc1. The van der Waals surface area contributed by atoms with E-state index in [-0.39, 0.29) is 12.0 Å². The number of rotatable bonds is 8. The molecular formula is C26H25N5O3. The number of aromatic nitrogens is 4. The molecule has 0 spiro atoms. The number of aryl methyl sites for hydroxylation is 2. The number of unbranched alkanes of at least 4 members (excludes halogenated alkanes) is 1. The van der Waals surface area contributed by atoms with Gasteiger partial charge in [0, 0.05) is 17.7 Å². The Morgan fingerprint density at radius 3 is 2.47 bits per heavy atom. The van der Waals surface area contributed by atoms with E-state index >= 15 is 0 Å². The molecule has 0 fully saturated rings. The molecule has 0 atom stereocenters. The second-order valence-corrected chi connectivity index (χ2v) is 8.11. The van der Waals surface area contributed by atoms with Crippen LogP contribution in [0.2, 0.25) is 0 Å². The van der Waals surface area contributed by atoms with Crippen LogP contribution in [0.25, 0.3) is 22.5 Å². The van der Waals surface area contributed by atoms with Gasteiger partial charge in [-0.1, -0.05) is 67.0 Å². The van der Waals surface area contributed by atoms with Gasteiger partial charge in [0.05, 0.1) is 24.6 Å². The van der Waals surface area contributed by atoms with Gasteiger partial charge in [-0.05, 0) is 30.0 Å². The number of nitriles is 1. The number of nitrogens with one attached hydrogen (secondary N) is 1. The van der Waals surface area contributed by atoms with E-state index in [0.717, 1.165) is 40.9 Å². The van der Waals surface area contributed by atoms with Crippen LogP contribution < -0.4 is 11.3 Å². The van der Waals surface area contributed by atoms with Gasteiger partial charge in [0.1, 0.15) is 5.82 Å². The van der Waals surface area contributed by atoms with Gasteiger partial charge in [-0.3, -0.25) is 18.9 Å². The Kier molecular flexibility index (Phi) is 6.83. The summed E-state index contributed by atoms with van der Waals surface area (Å²) in [7, 11) is 0. The van der Waals surface area contributed by atoms with Crippen LogP contribution in [-0.4, -0.2) is 19.7 Å². The number of benzene rings is 2. The minimum Gasteiger partial charge on any atom is -0.296 e. The van der Waals surface area contributed by atoms with Crippen molar-refractivity contribution >= 4 is 0 Å². The highest BCUT2D eigenvalue weighted by Gasteiger charge is 2.15. The lowest BCUT2D eigenvalue weighted by Crippen LogP contribution is -2.30. The summed E-state index contributed by atoms with van der Waals surface area (Å²) in [6, 6.07) is 17.6. The molecule has 8 heteroatoms. The van der Waals surface area contributed by atoms with Crippen LogP contribution >= 0.6 is 0 Å². The first-order chi connectivity index (χ1) is 16.5. The first kappa shape index (κ1) is 22.9. The number of aromatic amines is 1. The lowest BCUT2D eigenvalue weighted by atomic mass is 9.98. The van der Waals surface area contributed by atoms with Crippen molar-refractivity contribution < 1.29 is 4.52 Å². The molecule has 4 aromatic rings. The summed E-state index contributed by atoms with van der Waals surface area (Å²) in [5.41, 5.74) is 4.47. The zero-order valence-electron chi connectivity index (χ0n) is 19.2. The Morgan fingerprint density at radius 2 is 1.82 bits per heavy atom. The van der Waals surface area contributed by atoms with Gasteiger partial charge in [0.25, 0.3) is 5.56 Å². The van der Waals surface area contributed by atoms with Crippen molar-refractivity contribution in [1.29, 1.82) is 5.26 Å². The molecule has 172 valence electrons. The largest absolute Gasteiger partial charge is 0.439 e. The molecule has 1 N–H and O–H groups in total. The van der Waals surface area contributed by atoms with E-state index in [1.165, 1.54) is 0 Å². The fourth-order valence-electron chi connectivity index (χ4n) is 3.99. The fraction of sp³-hybridized carbons (Fsp3) is 0.269. The second-order valence-electron chi connectivity index (χ2n) is 8.11. The summed E-state index contributed by atoms with van der Waals surface area (Å²) in [5.74, 6) is 0.509. The van der Waals surface area contributed by atoms with Crippen LogP contribution in [-0.2, 0) is 19.4 Å². The first-order valence-corrected chi connectivity index (χ1v) is 11.2. The van der Waals surface area contributed by atoms with E-state index in [1.54, 1.807) is 11.5 Å². The number of hydrogen-bond acceptors (Lipinski definition) is 6. The summed E-state index contributed by atoms with van der Waals surface area (Å²) in [6.45, 7) is 4.27. The Bertz CT molecular complexity index is 1460. The molecule has 0 aliphatic carbocycles. The maximum atomic E-state index is 13.2. The van der Waals surface area contributed by atoms with Gasteiger partial charge in [0.2, 0.25) is 0 Å². The fourth-order valence-corrected chi connectivity index (χ4v) is 3.99. The number of nitrogens with zero attached hydrogens (tertiary/aromatic N) is 4. The molecule has 0 aliphatic rings. The van der Waals surface area contributed by atoms with Crippen LogP contribution in [0.3, 0.4) is 0 Å². The van der Waals surface area contributed by atoms with Crippen molar-refractivity contribution in [3.05, 3.63) is 92.1 Å². The molecule has 8 nitrogen and oxygen atoms in total. The summed E-state index contributed by atoms with van der Waals surface area (Å²) < 4.78 is 6.35. The molecule has 34 heavy (non-hydrogen) atoms. The van der Waals surface area contributed by atoms with Crippen molar-refractivity contribution in [1.82, 2.24) is 19.7 Å². The molecule has 2 aromatic heterocycles. The smallest absolute Gasteiger partial charge is 0.296 e. The topological polar surface area (TPSA) is 118 Å². The van der Waals surface area contributed by atoms with Crippen LogP contribution in [0.5, 0.6) is 0 Å². The van der Waals surface area contributed by atoms with Crippen molar-refractivity contribution in [2.45, 2.75) is 46.1 Å². The Morgan fingerprint density at radius 1 is 1.09 bits per heavy atom. The quantitative estimate of drug-likeness (QED) is 0.429. The van der Waals surface area contributed by atoms with Gasteiger partial charge in [0.15, 0.2) is 5.82 Å². The second kappa shape index (κ2) is 10.1. The van der Waals surface area contributed by atoms with E-state index in [0.29, 0.717) is 30.0 Å². The lowest BCUT2D eigenvalue weighted by Gasteiger charge is -2.15. The third-order valence-electron chi connectivity index (χ3n) is 5.79. The van der Waals surface area contributed by atoms with Gasteiger partial charge in [-0.2, -0.15) is 5.26 Å². The molecule has 0 saturated carbocycles. The van der Waals surface area contributed by atoms with Crippen molar-refractivity contribution in [3.8, 4) is 28.6 Å². The highest BCUT2D eigenvalue weighted by atomic mass is 16.5. The Labute approximate surface area is 196 Å². The molecule has 4 rings (SSSR count). The molecule has 2 aromatic carbocycles. The van der Waals surface area contributed by atoms with Crippen LogP contribution in [0.4, 0.5) is 0 Å². The third kappa shape index (κ3) is 4.74. The minimum atomic E-state index is -0.605. The van der Waals surface area contributed by atoms with Crippen LogP contribution in [0.15, 0.2) is 62.6 Å². The number of H-pyrrole nitrogens is 1. The molecule has 0 aliphatic heterocycles. The normalized spacial score (nSPS) is 10.9.